The molecule has 2 unspecified atom stereocenters. The van der Waals surface area contributed by atoms with Gasteiger partial charge in [-0.3, -0.25) is 0 Å². The topological polar surface area (TPSA) is 71.8 Å². The fourth-order valence-corrected chi connectivity index (χ4v) is 6.23. The van der Waals surface area contributed by atoms with Gasteiger partial charge >= 0.3 is 6.18 Å². The summed E-state index contributed by atoms with van der Waals surface area (Å²) in [6, 6.07) is 7.99. The van der Waals surface area contributed by atoms with E-state index in [2.05, 4.69) is 20.2 Å². The number of alkyl halides is 3. The van der Waals surface area contributed by atoms with Crippen LogP contribution in [0.1, 0.15) is 60.7 Å². The van der Waals surface area contributed by atoms with E-state index < -0.39 is 11.7 Å². The first kappa shape index (κ1) is 23.2. The molecule has 10 heteroatoms. The lowest BCUT2D eigenvalue weighted by atomic mass is 9.92. The Morgan fingerprint density at radius 1 is 1.00 bits per heavy atom. The Labute approximate surface area is 208 Å². The fourth-order valence-electron chi connectivity index (χ4n) is 6.23. The third-order valence-corrected chi connectivity index (χ3v) is 7.98. The van der Waals surface area contributed by atoms with Crippen molar-refractivity contribution >= 4 is 11.8 Å². The number of piperidine rings is 1. The summed E-state index contributed by atoms with van der Waals surface area (Å²) in [6.07, 6.45) is 2.18. The van der Waals surface area contributed by atoms with Crippen molar-refractivity contribution in [1.29, 1.82) is 0 Å². The van der Waals surface area contributed by atoms with Gasteiger partial charge in [-0.2, -0.15) is 18.2 Å². The number of halogens is 3. The number of hydrogen-bond donors (Lipinski definition) is 1. The van der Waals surface area contributed by atoms with Crippen molar-refractivity contribution in [1.82, 2.24) is 24.7 Å². The highest BCUT2D eigenvalue weighted by Crippen LogP contribution is 2.40. The number of aromatic nitrogens is 5. The van der Waals surface area contributed by atoms with Crippen LogP contribution in [-0.2, 0) is 12.7 Å². The molecule has 6 rings (SSSR count). The molecule has 2 fully saturated rings. The molecule has 3 aromatic rings. The van der Waals surface area contributed by atoms with Gasteiger partial charge < -0.3 is 10.2 Å². The van der Waals surface area contributed by atoms with Crippen LogP contribution in [0.3, 0.4) is 0 Å². The van der Waals surface area contributed by atoms with Gasteiger partial charge in [0.25, 0.3) is 0 Å². The quantitative estimate of drug-likeness (QED) is 0.545. The Hall–Kier alpha value is -3.17. The number of aryl methyl sites for hydroxylation is 2. The second kappa shape index (κ2) is 9.05. The summed E-state index contributed by atoms with van der Waals surface area (Å²) in [5.74, 6) is 3.06. The van der Waals surface area contributed by atoms with Crippen molar-refractivity contribution in [3.63, 3.8) is 0 Å². The van der Waals surface area contributed by atoms with Crippen molar-refractivity contribution in [3.05, 3.63) is 59.3 Å². The van der Waals surface area contributed by atoms with E-state index in [0.717, 1.165) is 75.1 Å². The standard InChI is InChI=1S/C26H30F3N7/c1-16-11-22(31-15-30-16)35-13-18-8-9-19(14-35)23(18)32-25-33-24-21(7-2-3-10-36(24)34-25)17-5-4-6-20(12-17)26(27,28)29/h4-6,11-12,15,18-19,21,23H,2-3,7-10,13-14H2,1H3,(H,32,34)/t18-,19?,21?,23-/m0/s1. The van der Waals surface area contributed by atoms with Gasteiger partial charge in [-0.05, 0) is 56.1 Å². The average Bonchev–Trinajstić information content (AvgIpc) is 3.25. The Kier molecular flexibility index (Phi) is 5.84. The second-order valence-electron chi connectivity index (χ2n) is 10.4. The smallest absolute Gasteiger partial charge is 0.356 e. The molecule has 7 nitrogen and oxygen atoms in total. The summed E-state index contributed by atoms with van der Waals surface area (Å²) in [4.78, 5) is 15.9. The van der Waals surface area contributed by atoms with Crippen LogP contribution in [0, 0.1) is 18.8 Å². The summed E-state index contributed by atoms with van der Waals surface area (Å²) in [5, 5.41) is 8.40. The van der Waals surface area contributed by atoms with Gasteiger partial charge in [-0.1, -0.05) is 24.6 Å². The fraction of sp³-hybridized carbons (Fsp3) is 0.538. The van der Waals surface area contributed by atoms with Crippen molar-refractivity contribution in [3.8, 4) is 0 Å². The number of nitrogens with zero attached hydrogens (tertiary/aromatic N) is 6. The first-order chi connectivity index (χ1) is 17.3. The molecule has 4 heterocycles. The van der Waals surface area contributed by atoms with E-state index in [1.54, 1.807) is 12.4 Å². The van der Waals surface area contributed by atoms with E-state index in [0.29, 0.717) is 23.3 Å². The lowest BCUT2D eigenvalue weighted by molar-refractivity contribution is -0.137. The van der Waals surface area contributed by atoms with E-state index >= 15 is 0 Å². The Bertz CT molecular complexity index is 1230. The molecular formula is C26H30F3N7. The van der Waals surface area contributed by atoms with Gasteiger partial charge in [0.15, 0.2) is 0 Å². The minimum absolute atomic E-state index is 0.197. The lowest BCUT2D eigenvalue weighted by Crippen LogP contribution is -2.48. The van der Waals surface area contributed by atoms with E-state index in [1.165, 1.54) is 12.1 Å². The third-order valence-electron chi connectivity index (χ3n) is 7.98. The minimum Gasteiger partial charge on any atom is -0.356 e. The van der Waals surface area contributed by atoms with Crippen LogP contribution in [-0.4, -0.2) is 43.9 Å². The van der Waals surface area contributed by atoms with Crippen molar-refractivity contribution in [2.45, 2.75) is 63.7 Å². The molecule has 0 radical (unpaired) electrons. The molecule has 4 atom stereocenters. The van der Waals surface area contributed by atoms with Crippen LogP contribution in [0.25, 0.3) is 0 Å². The summed E-state index contributed by atoms with van der Waals surface area (Å²) >= 11 is 0. The molecule has 1 aliphatic carbocycles. The Morgan fingerprint density at radius 3 is 2.56 bits per heavy atom. The second-order valence-corrected chi connectivity index (χ2v) is 10.4. The van der Waals surface area contributed by atoms with E-state index in [9.17, 15) is 13.2 Å². The number of fused-ring (bicyclic) bond motifs is 3. The lowest BCUT2D eigenvalue weighted by Gasteiger charge is -2.38. The molecule has 1 saturated heterocycles. The van der Waals surface area contributed by atoms with E-state index in [1.807, 2.05) is 17.7 Å². The summed E-state index contributed by atoms with van der Waals surface area (Å²) in [7, 11) is 0. The molecule has 0 amide bonds. The van der Waals surface area contributed by atoms with Gasteiger partial charge in [-0.25, -0.2) is 14.6 Å². The first-order valence-electron chi connectivity index (χ1n) is 12.8. The zero-order chi connectivity index (χ0) is 24.9. The summed E-state index contributed by atoms with van der Waals surface area (Å²) in [5.41, 5.74) is 1.00. The van der Waals surface area contributed by atoms with Crippen LogP contribution in [0.15, 0.2) is 36.7 Å². The molecule has 2 aromatic heterocycles. The van der Waals surface area contributed by atoms with Crippen LogP contribution < -0.4 is 10.2 Å². The zero-order valence-electron chi connectivity index (χ0n) is 20.2. The van der Waals surface area contributed by atoms with Gasteiger partial charge in [0.05, 0.1) is 5.56 Å². The molecule has 36 heavy (non-hydrogen) atoms. The predicted octanol–water partition coefficient (Wildman–Crippen LogP) is 5.04. The van der Waals surface area contributed by atoms with Crippen molar-refractivity contribution in [2.24, 2.45) is 11.8 Å². The Morgan fingerprint density at radius 2 is 1.81 bits per heavy atom. The van der Waals surface area contributed by atoms with E-state index in [4.69, 9.17) is 10.1 Å². The number of hydrogen-bond acceptors (Lipinski definition) is 6. The van der Waals surface area contributed by atoms with E-state index in [-0.39, 0.29) is 12.0 Å². The normalized spacial score (nSPS) is 25.9. The molecule has 2 bridgehead atoms. The summed E-state index contributed by atoms with van der Waals surface area (Å²) < 4.78 is 42.0. The maximum atomic E-state index is 13.4. The highest BCUT2D eigenvalue weighted by atomic mass is 19.4. The molecule has 3 aliphatic rings. The molecule has 0 spiro atoms. The molecule has 190 valence electrons. The minimum atomic E-state index is -4.36. The molecule has 1 aromatic carbocycles. The van der Waals surface area contributed by atoms with Crippen molar-refractivity contribution < 1.29 is 13.2 Å². The molecule has 1 saturated carbocycles. The molecule has 1 N–H and O–H groups in total. The van der Waals surface area contributed by atoms with Crippen LogP contribution in [0.2, 0.25) is 0 Å². The van der Waals surface area contributed by atoms with Gasteiger partial charge in [0.2, 0.25) is 5.95 Å². The Balaban J connectivity index is 1.22. The maximum Gasteiger partial charge on any atom is 0.416 e. The zero-order valence-corrected chi connectivity index (χ0v) is 20.2. The maximum absolute atomic E-state index is 13.4. The van der Waals surface area contributed by atoms with Gasteiger partial charge in [0.1, 0.15) is 18.0 Å². The molecule has 2 aliphatic heterocycles. The molecular weight excluding hydrogens is 467 g/mol. The summed E-state index contributed by atoms with van der Waals surface area (Å²) in [6.45, 7) is 4.56. The number of nitrogens with one attached hydrogen (secondary N) is 1. The SMILES string of the molecule is Cc1cc(N2CC3CC[C@@H](C2)[C@@H]3Nc2nc3n(n2)CCCCC3c2cccc(C(F)(F)F)c2)ncn1. The third kappa shape index (κ3) is 4.41. The van der Waals surface area contributed by atoms with Crippen LogP contribution in [0.5, 0.6) is 0 Å². The van der Waals surface area contributed by atoms with Crippen LogP contribution >= 0.6 is 0 Å². The average molecular weight is 498 g/mol. The number of rotatable bonds is 4. The first-order valence-corrected chi connectivity index (χ1v) is 12.8. The highest BCUT2D eigenvalue weighted by molar-refractivity contribution is 5.42. The van der Waals surface area contributed by atoms with Crippen LogP contribution in [0.4, 0.5) is 24.9 Å². The van der Waals surface area contributed by atoms with Gasteiger partial charge in [-0.15, -0.1) is 5.10 Å². The van der Waals surface area contributed by atoms with Crippen molar-refractivity contribution in [2.75, 3.05) is 23.3 Å². The monoisotopic (exact) mass is 497 g/mol. The number of benzene rings is 1. The number of anilines is 2. The van der Waals surface area contributed by atoms with Gasteiger partial charge in [0, 0.05) is 43.4 Å². The largest absolute Gasteiger partial charge is 0.416 e. The predicted molar refractivity (Wildman–Crippen MR) is 130 cm³/mol. The highest BCUT2D eigenvalue weighted by Gasteiger charge is 2.43.